The summed E-state index contributed by atoms with van der Waals surface area (Å²) in [4.78, 5) is 0. The van der Waals surface area contributed by atoms with E-state index in [2.05, 4.69) is 26.0 Å². The molecule has 0 radical (unpaired) electrons. The van der Waals surface area contributed by atoms with Gasteiger partial charge in [-0.1, -0.05) is 49.7 Å². The summed E-state index contributed by atoms with van der Waals surface area (Å²) in [7, 11) is 0. The molecule has 0 N–H and O–H groups in total. The topological polar surface area (TPSA) is 23.8 Å². The molecule has 1 aromatic carbocycles. The maximum absolute atomic E-state index is 8.46. The Kier molecular flexibility index (Phi) is 4.39. The minimum Gasteiger partial charge on any atom is -0.193 e. The van der Waals surface area contributed by atoms with Crippen LogP contribution in [0.2, 0.25) is 0 Å². The number of nitrogens with zero attached hydrogens (tertiary/aromatic N) is 1. The first-order valence-corrected chi connectivity index (χ1v) is 5.36. The highest BCUT2D eigenvalue weighted by Gasteiger charge is 2.00. The molecule has 15 heavy (non-hydrogen) atoms. The molecule has 0 atom stereocenters. The Morgan fingerprint density at radius 1 is 1.40 bits per heavy atom. The molecule has 0 saturated heterocycles. The first-order valence-electron chi connectivity index (χ1n) is 4.98. The molecule has 0 unspecified atom stereocenters. The maximum atomic E-state index is 8.46. The van der Waals surface area contributed by atoms with Gasteiger partial charge in [-0.2, -0.15) is 5.26 Å². The van der Waals surface area contributed by atoms with E-state index < -0.39 is 0 Å². The quantitative estimate of drug-likeness (QED) is 0.706. The second-order valence-electron chi connectivity index (χ2n) is 3.92. The van der Waals surface area contributed by atoms with Crippen molar-refractivity contribution >= 4 is 16.6 Å². The molecule has 0 bridgehead atoms. The van der Waals surface area contributed by atoms with Gasteiger partial charge in [-0.3, -0.25) is 0 Å². The second-order valence-corrected chi connectivity index (χ2v) is 4.32. The van der Waals surface area contributed by atoms with Crippen LogP contribution in [0.3, 0.4) is 0 Å². The van der Waals surface area contributed by atoms with Crippen LogP contribution in [0, 0.1) is 17.2 Å². The van der Waals surface area contributed by atoms with Crippen molar-refractivity contribution in [3.05, 3.63) is 41.5 Å². The third kappa shape index (κ3) is 3.77. The van der Waals surface area contributed by atoms with E-state index in [0.717, 1.165) is 12.0 Å². The van der Waals surface area contributed by atoms with Crippen molar-refractivity contribution in [1.29, 1.82) is 5.26 Å². The molecule has 1 aromatic rings. The molecule has 1 nitrogen and oxygen atoms in total. The molecule has 1 rings (SSSR count). The van der Waals surface area contributed by atoms with Gasteiger partial charge in [0.2, 0.25) is 0 Å². The van der Waals surface area contributed by atoms with Crippen LogP contribution in [0.15, 0.2) is 30.3 Å². The van der Waals surface area contributed by atoms with Crippen LogP contribution in [0.5, 0.6) is 0 Å². The van der Waals surface area contributed by atoms with E-state index in [1.54, 1.807) is 0 Å². The number of halogens is 1. The van der Waals surface area contributed by atoms with Gasteiger partial charge in [0.25, 0.3) is 0 Å². The van der Waals surface area contributed by atoms with Gasteiger partial charge in [0.05, 0.1) is 11.1 Å². The largest absolute Gasteiger partial charge is 0.193 e. The molecule has 0 aromatic heterocycles. The van der Waals surface area contributed by atoms with Crippen molar-refractivity contribution in [3.8, 4) is 6.07 Å². The molecular formula is C13H14ClN. The molecule has 0 amide bonds. The summed E-state index contributed by atoms with van der Waals surface area (Å²) in [6.45, 7) is 4.38. The minimum absolute atomic E-state index is 0.494. The van der Waals surface area contributed by atoms with Crippen LogP contribution >= 0.6 is 11.6 Å². The molecule has 0 aliphatic carbocycles. The van der Waals surface area contributed by atoms with Gasteiger partial charge in [-0.25, -0.2) is 0 Å². The average molecular weight is 220 g/mol. The summed E-state index contributed by atoms with van der Waals surface area (Å²) in [5.41, 5.74) is 2.20. The van der Waals surface area contributed by atoms with Gasteiger partial charge < -0.3 is 0 Å². The van der Waals surface area contributed by atoms with E-state index in [0.29, 0.717) is 11.0 Å². The highest BCUT2D eigenvalue weighted by Crippen LogP contribution is 2.19. The number of hydrogen-bond donors (Lipinski definition) is 0. The van der Waals surface area contributed by atoms with Crippen molar-refractivity contribution < 1.29 is 0 Å². The summed E-state index contributed by atoms with van der Waals surface area (Å²) >= 11 is 5.90. The highest BCUT2D eigenvalue weighted by molar-refractivity contribution is 6.48. The van der Waals surface area contributed by atoms with Crippen molar-refractivity contribution in [3.63, 3.8) is 0 Å². The lowest BCUT2D eigenvalue weighted by Gasteiger charge is -2.05. The molecule has 0 aliphatic rings. The Morgan fingerprint density at radius 2 is 2.00 bits per heavy atom. The molecule has 2 heteroatoms. The van der Waals surface area contributed by atoms with Gasteiger partial charge in [0, 0.05) is 6.08 Å². The summed E-state index contributed by atoms with van der Waals surface area (Å²) in [6.07, 6.45) is 2.42. The fourth-order valence-electron chi connectivity index (χ4n) is 1.41. The highest BCUT2D eigenvalue weighted by atomic mass is 35.5. The van der Waals surface area contributed by atoms with E-state index in [1.807, 2.05) is 18.2 Å². The van der Waals surface area contributed by atoms with E-state index in [4.69, 9.17) is 16.9 Å². The smallest absolute Gasteiger partial charge is 0.0927 e. The zero-order valence-corrected chi connectivity index (χ0v) is 9.75. The van der Waals surface area contributed by atoms with Crippen LogP contribution < -0.4 is 0 Å². The SMILES string of the molecule is CC(C)Cc1ccc(C(Cl)=CC#N)cc1. The Bertz CT molecular complexity index is 382. The first-order chi connectivity index (χ1) is 7.13. The number of benzene rings is 1. The predicted octanol–water partition coefficient (Wildman–Crippen LogP) is 3.99. The molecule has 0 heterocycles. The number of rotatable bonds is 3. The number of hydrogen-bond acceptors (Lipinski definition) is 1. The van der Waals surface area contributed by atoms with Crippen LogP contribution in [-0.2, 0) is 6.42 Å². The summed E-state index contributed by atoms with van der Waals surface area (Å²) < 4.78 is 0. The fraction of sp³-hybridized carbons (Fsp3) is 0.308. The summed E-state index contributed by atoms with van der Waals surface area (Å²) in [5.74, 6) is 0.654. The van der Waals surface area contributed by atoms with E-state index >= 15 is 0 Å². The Hall–Kier alpha value is -1.26. The first kappa shape index (κ1) is 11.8. The van der Waals surface area contributed by atoms with Crippen molar-refractivity contribution in [2.75, 3.05) is 0 Å². The second kappa shape index (κ2) is 5.58. The van der Waals surface area contributed by atoms with Gasteiger partial charge in [-0.15, -0.1) is 0 Å². The van der Waals surface area contributed by atoms with Crippen LogP contribution in [0.25, 0.3) is 5.03 Å². The molecular weight excluding hydrogens is 206 g/mol. The van der Waals surface area contributed by atoms with Gasteiger partial charge in [0.15, 0.2) is 0 Å². The van der Waals surface area contributed by atoms with Crippen LogP contribution in [0.4, 0.5) is 0 Å². The van der Waals surface area contributed by atoms with E-state index in [-0.39, 0.29) is 0 Å². The zero-order chi connectivity index (χ0) is 11.3. The zero-order valence-electron chi connectivity index (χ0n) is 9.00. The minimum atomic E-state index is 0.494. The Labute approximate surface area is 96.0 Å². The standard InChI is InChI=1S/C13H14ClN/c1-10(2)9-11-3-5-12(6-4-11)13(14)7-8-15/h3-7,10H,9H2,1-2H3. The average Bonchev–Trinajstić information content (AvgIpc) is 2.18. The van der Waals surface area contributed by atoms with Gasteiger partial charge >= 0.3 is 0 Å². The van der Waals surface area contributed by atoms with Gasteiger partial charge in [-0.05, 0) is 23.5 Å². The van der Waals surface area contributed by atoms with Crippen molar-refractivity contribution in [2.24, 2.45) is 5.92 Å². The van der Waals surface area contributed by atoms with Crippen molar-refractivity contribution in [2.45, 2.75) is 20.3 Å². The van der Waals surface area contributed by atoms with Gasteiger partial charge in [0.1, 0.15) is 0 Å². The molecule has 0 fully saturated rings. The lowest BCUT2D eigenvalue weighted by atomic mass is 10.0. The number of allylic oxidation sites excluding steroid dienone is 1. The number of nitriles is 1. The van der Waals surface area contributed by atoms with Crippen LogP contribution in [-0.4, -0.2) is 0 Å². The molecule has 0 spiro atoms. The predicted molar refractivity (Wildman–Crippen MR) is 64.4 cm³/mol. The monoisotopic (exact) mass is 219 g/mol. The van der Waals surface area contributed by atoms with E-state index in [9.17, 15) is 0 Å². The maximum Gasteiger partial charge on any atom is 0.0927 e. The van der Waals surface area contributed by atoms with Crippen LogP contribution in [0.1, 0.15) is 25.0 Å². The molecule has 0 aliphatic heterocycles. The third-order valence-corrected chi connectivity index (χ3v) is 2.39. The molecule has 0 saturated carbocycles. The fourth-order valence-corrected chi connectivity index (χ4v) is 1.59. The molecule has 78 valence electrons. The Morgan fingerprint density at radius 3 is 2.47 bits per heavy atom. The van der Waals surface area contributed by atoms with E-state index in [1.165, 1.54) is 11.6 Å². The van der Waals surface area contributed by atoms with Crippen molar-refractivity contribution in [1.82, 2.24) is 0 Å². The summed E-state index contributed by atoms with van der Waals surface area (Å²) in [5, 5.41) is 8.95. The lowest BCUT2D eigenvalue weighted by molar-refractivity contribution is 0.647. The Balaban J connectivity index is 2.82. The lowest BCUT2D eigenvalue weighted by Crippen LogP contribution is -1.93. The normalized spacial score (nSPS) is 11.5. The summed E-state index contributed by atoms with van der Waals surface area (Å²) in [6, 6.07) is 9.94. The third-order valence-electron chi connectivity index (χ3n) is 2.06.